The van der Waals surface area contributed by atoms with Crippen molar-refractivity contribution >= 4 is 38.3 Å². The average molecular weight is 479 g/mol. The molecule has 0 unspecified atom stereocenters. The lowest BCUT2D eigenvalue weighted by molar-refractivity contribution is 0.209. The Bertz CT molecular complexity index is 1690. The molecule has 0 atom stereocenters. The van der Waals surface area contributed by atoms with E-state index in [2.05, 4.69) is 25.5 Å². The van der Waals surface area contributed by atoms with Crippen molar-refractivity contribution in [2.24, 2.45) is 0 Å². The zero-order valence-corrected chi connectivity index (χ0v) is 18.7. The fourth-order valence-electron chi connectivity index (χ4n) is 3.61. The third kappa shape index (κ3) is 3.57. The molecule has 0 spiro atoms. The second kappa shape index (κ2) is 7.81. The van der Waals surface area contributed by atoms with Crippen LogP contribution >= 0.6 is 0 Å². The van der Waals surface area contributed by atoms with Crippen LogP contribution in [0.2, 0.25) is 0 Å². The molecule has 34 heavy (non-hydrogen) atoms. The zero-order valence-electron chi connectivity index (χ0n) is 17.9. The molecule has 0 radical (unpaired) electrons. The number of fused-ring (bicyclic) bond motifs is 2. The first-order chi connectivity index (χ1) is 16.3. The Morgan fingerprint density at radius 1 is 1.18 bits per heavy atom. The minimum Gasteiger partial charge on any atom is -0.494 e. The molecule has 0 aliphatic rings. The Labute approximate surface area is 192 Å². The highest BCUT2D eigenvalue weighted by Gasteiger charge is 2.21. The number of nitrogens with one attached hydrogen (secondary N) is 1. The van der Waals surface area contributed by atoms with Gasteiger partial charge in [0.25, 0.3) is 0 Å². The molecule has 2 N–H and O–H groups in total. The van der Waals surface area contributed by atoms with E-state index in [0.717, 1.165) is 6.26 Å². The predicted molar refractivity (Wildman–Crippen MR) is 122 cm³/mol. The van der Waals surface area contributed by atoms with Crippen molar-refractivity contribution in [1.82, 2.24) is 29.4 Å². The molecular formula is C21H17N7O5S. The van der Waals surface area contributed by atoms with Crippen molar-refractivity contribution in [2.45, 2.75) is 4.90 Å². The third-order valence-corrected chi connectivity index (χ3v) is 6.26. The topological polar surface area (TPSA) is 154 Å². The van der Waals surface area contributed by atoms with Gasteiger partial charge in [-0.05, 0) is 30.3 Å². The number of nitrogens with zero attached hydrogens (tertiary/aromatic N) is 6. The number of carbonyl (C=O) groups is 1. The van der Waals surface area contributed by atoms with Gasteiger partial charge < -0.3 is 9.84 Å². The van der Waals surface area contributed by atoms with E-state index in [4.69, 9.17) is 4.74 Å². The summed E-state index contributed by atoms with van der Waals surface area (Å²) in [6.07, 6.45) is 6.29. The molecule has 13 heteroatoms. The van der Waals surface area contributed by atoms with Gasteiger partial charge in [0, 0.05) is 24.8 Å². The maximum absolute atomic E-state index is 12.2. The maximum atomic E-state index is 12.2. The molecule has 5 aromatic rings. The summed E-state index contributed by atoms with van der Waals surface area (Å²) in [7, 11) is -2.09. The van der Waals surface area contributed by atoms with Crippen molar-refractivity contribution in [1.29, 1.82) is 0 Å². The number of amides is 1. The molecule has 5 rings (SSSR count). The van der Waals surface area contributed by atoms with Crippen molar-refractivity contribution < 1.29 is 23.1 Å². The van der Waals surface area contributed by atoms with Crippen LogP contribution in [-0.4, -0.2) is 62.3 Å². The second-order valence-electron chi connectivity index (χ2n) is 7.33. The summed E-state index contributed by atoms with van der Waals surface area (Å²) >= 11 is 0. The predicted octanol–water partition coefficient (Wildman–Crippen LogP) is 2.63. The zero-order chi connectivity index (χ0) is 24.0. The van der Waals surface area contributed by atoms with Crippen LogP contribution in [0.15, 0.2) is 60.0 Å². The molecule has 0 saturated carbocycles. The first-order valence-electron chi connectivity index (χ1n) is 9.82. The monoisotopic (exact) mass is 479 g/mol. The molecule has 0 aliphatic heterocycles. The van der Waals surface area contributed by atoms with Crippen molar-refractivity contribution in [3.8, 4) is 22.7 Å². The number of rotatable bonds is 5. The van der Waals surface area contributed by atoms with Crippen molar-refractivity contribution in [3.05, 3.63) is 55.1 Å². The lowest BCUT2D eigenvalue weighted by Crippen LogP contribution is -2.09. The first kappa shape index (κ1) is 21.3. The number of aromatic nitrogens is 6. The van der Waals surface area contributed by atoms with Gasteiger partial charge in [-0.15, -0.1) is 5.10 Å². The summed E-state index contributed by atoms with van der Waals surface area (Å²) in [5.74, 6) is 0.376. The van der Waals surface area contributed by atoms with E-state index >= 15 is 0 Å². The van der Waals surface area contributed by atoms with E-state index in [9.17, 15) is 18.3 Å². The molecule has 4 aromatic heterocycles. The molecule has 1 amide bonds. The van der Waals surface area contributed by atoms with Crippen molar-refractivity contribution in [2.75, 3.05) is 18.7 Å². The third-order valence-electron chi connectivity index (χ3n) is 5.15. The van der Waals surface area contributed by atoms with Crippen LogP contribution in [0, 0.1) is 0 Å². The van der Waals surface area contributed by atoms with Crippen LogP contribution in [0.4, 0.5) is 10.6 Å². The number of ether oxygens (including phenoxy) is 1. The summed E-state index contributed by atoms with van der Waals surface area (Å²) in [6, 6.07) is 7.81. The minimum atomic E-state index is -3.53. The fourth-order valence-corrected chi connectivity index (χ4v) is 4.25. The molecule has 4 heterocycles. The fraction of sp³-hybridized carbons (Fsp3) is 0.0952. The molecule has 0 fully saturated rings. The second-order valence-corrected chi connectivity index (χ2v) is 9.34. The van der Waals surface area contributed by atoms with E-state index in [-0.39, 0.29) is 10.7 Å². The Hall–Kier alpha value is -4.52. The lowest BCUT2D eigenvalue weighted by Gasteiger charge is -2.11. The van der Waals surface area contributed by atoms with Crippen LogP contribution in [0.25, 0.3) is 33.5 Å². The maximum Gasteiger partial charge on any atom is 0.410 e. The number of carboxylic acid groups (broad SMARTS) is 1. The van der Waals surface area contributed by atoms with Crippen LogP contribution in [0.5, 0.6) is 5.75 Å². The summed E-state index contributed by atoms with van der Waals surface area (Å²) in [6.45, 7) is 0. The molecule has 172 valence electrons. The Morgan fingerprint density at radius 3 is 2.74 bits per heavy atom. The number of benzene rings is 1. The van der Waals surface area contributed by atoms with Crippen LogP contribution in [0.3, 0.4) is 0 Å². The molecule has 1 aromatic carbocycles. The minimum absolute atomic E-state index is 0.0337. The summed E-state index contributed by atoms with van der Waals surface area (Å²) in [5, 5.41) is 20.6. The lowest BCUT2D eigenvalue weighted by atomic mass is 10.2. The Kier molecular flexibility index (Phi) is 4.90. The van der Waals surface area contributed by atoms with E-state index < -0.39 is 15.9 Å². The van der Waals surface area contributed by atoms with Crippen LogP contribution in [-0.2, 0) is 9.84 Å². The van der Waals surface area contributed by atoms with Gasteiger partial charge in [-0.1, -0.05) is 0 Å². The van der Waals surface area contributed by atoms with Gasteiger partial charge in [-0.2, -0.15) is 5.10 Å². The van der Waals surface area contributed by atoms with Crippen molar-refractivity contribution in [3.63, 3.8) is 0 Å². The summed E-state index contributed by atoms with van der Waals surface area (Å²) < 4.78 is 32.8. The number of sulfone groups is 1. The van der Waals surface area contributed by atoms with E-state index in [1.54, 1.807) is 35.2 Å². The molecule has 0 bridgehead atoms. The SMILES string of the molecule is COc1ccc(S(C)(=O)=O)cc1-n1nc(NC(=O)O)c2cnc(-c3cnn4cccnc34)cc21. The molecular weight excluding hydrogens is 462 g/mol. The normalized spacial score (nSPS) is 11.7. The van der Waals surface area contributed by atoms with E-state index in [0.29, 0.717) is 39.2 Å². The molecule has 0 saturated heterocycles. The van der Waals surface area contributed by atoms with Gasteiger partial charge in [-0.3, -0.25) is 10.3 Å². The highest BCUT2D eigenvalue weighted by Crippen LogP contribution is 2.33. The van der Waals surface area contributed by atoms with E-state index in [1.807, 2.05) is 0 Å². The molecule has 0 aliphatic carbocycles. The standard InChI is InChI=1S/C21H17N7O5S/c1-33-18-5-4-12(34(2,31)32)8-17(18)28-16-9-15(13-11-24-27-7-3-6-22-20(13)27)23-10-14(16)19(26-28)25-21(29)30/h3-11H,1-2H3,(H,25,26)(H,29,30). The van der Waals surface area contributed by atoms with Gasteiger partial charge in [-0.25, -0.2) is 27.4 Å². The molecule has 12 nitrogen and oxygen atoms in total. The average Bonchev–Trinajstić information content (AvgIpc) is 3.39. The largest absolute Gasteiger partial charge is 0.494 e. The smallest absolute Gasteiger partial charge is 0.410 e. The van der Waals surface area contributed by atoms with Gasteiger partial charge in [0.2, 0.25) is 0 Å². The number of anilines is 1. The highest BCUT2D eigenvalue weighted by molar-refractivity contribution is 7.90. The van der Waals surface area contributed by atoms with Crippen LogP contribution in [0.1, 0.15) is 0 Å². The van der Waals surface area contributed by atoms with E-state index in [1.165, 1.54) is 36.2 Å². The van der Waals surface area contributed by atoms with Crippen LogP contribution < -0.4 is 10.1 Å². The number of hydrogen-bond donors (Lipinski definition) is 2. The number of hydrogen-bond acceptors (Lipinski definition) is 8. The quantitative estimate of drug-likeness (QED) is 0.387. The Balaban J connectivity index is 1.79. The number of pyridine rings is 1. The Morgan fingerprint density at radius 2 is 2.00 bits per heavy atom. The van der Waals surface area contributed by atoms with Gasteiger partial charge in [0.05, 0.1) is 40.4 Å². The number of methoxy groups -OCH3 is 1. The summed E-state index contributed by atoms with van der Waals surface area (Å²) in [4.78, 5) is 20.2. The highest BCUT2D eigenvalue weighted by atomic mass is 32.2. The first-order valence-corrected chi connectivity index (χ1v) is 11.7. The van der Waals surface area contributed by atoms with Gasteiger partial charge >= 0.3 is 6.09 Å². The summed E-state index contributed by atoms with van der Waals surface area (Å²) in [5.41, 5.74) is 2.53. The van der Waals surface area contributed by atoms with Gasteiger partial charge in [0.1, 0.15) is 11.4 Å². The van der Waals surface area contributed by atoms with Gasteiger partial charge in [0.15, 0.2) is 21.3 Å².